The monoisotopic (exact) mass is 810 g/mol. The number of aryl methyl sites for hydroxylation is 1. The quantitative estimate of drug-likeness (QED) is 0.0825. The molecule has 2 aliphatic heterocycles. The highest BCUT2D eigenvalue weighted by atomic mass is 32.2. The molecule has 10 nitrogen and oxygen atoms in total. The molecule has 0 bridgehead atoms. The van der Waals surface area contributed by atoms with Gasteiger partial charge in [-0.1, -0.05) is 89.6 Å². The van der Waals surface area contributed by atoms with E-state index in [-0.39, 0.29) is 23.9 Å². The van der Waals surface area contributed by atoms with E-state index in [1.165, 1.54) is 0 Å². The minimum Gasteiger partial charge on any atom is -0.490 e. The van der Waals surface area contributed by atoms with E-state index in [1.54, 1.807) is 30.7 Å². The second kappa shape index (κ2) is 20.2. The van der Waals surface area contributed by atoms with Crippen LogP contribution >= 0.6 is 0 Å². The smallest absolute Gasteiger partial charge is 0.243 e. The predicted molar refractivity (Wildman–Crippen MR) is 226 cm³/mol. The van der Waals surface area contributed by atoms with E-state index in [4.69, 9.17) is 28.1 Å². The maximum Gasteiger partial charge on any atom is 0.243 e. The fourth-order valence-electron chi connectivity index (χ4n) is 8.78. The lowest BCUT2D eigenvalue weighted by atomic mass is 9.85. The van der Waals surface area contributed by atoms with Gasteiger partial charge in [-0.3, -0.25) is 0 Å². The Balaban J connectivity index is 1.55. The summed E-state index contributed by atoms with van der Waals surface area (Å²) < 4.78 is 67.7. The first kappa shape index (κ1) is 44.3. The summed E-state index contributed by atoms with van der Waals surface area (Å²) in [4.78, 5) is 2.62. The Morgan fingerprint density at radius 3 is 2.07 bits per heavy atom. The summed E-state index contributed by atoms with van der Waals surface area (Å²) in [6.07, 6.45) is -0.0232. The zero-order valence-corrected chi connectivity index (χ0v) is 37.0. The molecule has 0 aromatic heterocycles. The molecule has 3 aromatic carbocycles. The molecule has 3 atom stereocenters. The zero-order valence-electron chi connectivity index (χ0n) is 35.2. The molecule has 0 amide bonds. The molecule has 0 radical (unpaired) electrons. The van der Waals surface area contributed by atoms with Crippen LogP contribution in [0.15, 0.2) is 71.6 Å². The van der Waals surface area contributed by atoms with Gasteiger partial charge >= 0.3 is 0 Å². The van der Waals surface area contributed by atoms with E-state index in [0.29, 0.717) is 56.3 Å². The lowest BCUT2D eigenvalue weighted by Crippen LogP contribution is -2.59. The highest BCUT2D eigenvalue weighted by molar-refractivity contribution is 7.89. The van der Waals surface area contributed by atoms with Gasteiger partial charge < -0.3 is 33.0 Å². The molecule has 0 N–H and O–H groups in total. The number of piperidine rings is 1. The van der Waals surface area contributed by atoms with Gasteiger partial charge in [-0.2, -0.15) is 4.31 Å². The van der Waals surface area contributed by atoms with Crippen LogP contribution in [-0.4, -0.2) is 100 Å². The molecule has 12 heteroatoms. The van der Waals surface area contributed by atoms with Crippen molar-refractivity contribution in [2.75, 3.05) is 71.7 Å². The number of sulfonamides is 1. The van der Waals surface area contributed by atoms with Gasteiger partial charge in [0.2, 0.25) is 18.3 Å². The van der Waals surface area contributed by atoms with Crippen molar-refractivity contribution in [3.63, 3.8) is 0 Å². The van der Waals surface area contributed by atoms with Gasteiger partial charge in [0.1, 0.15) is 12.4 Å². The molecule has 2 aliphatic rings. The van der Waals surface area contributed by atoms with Crippen LogP contribution in [0.1, 0.15) is 76.1 Å². The van der Waals surface area contributed by atoms with Crippen LogP contribution in [-0.2, 0) is 46.6 Å². The Labute approximate surface area is 337 Å². The summed E-state index contributed by atoms with van der Waals surface area (Å²) in [7, 11) is -2.97. The highest BCUT2D eigenvalue weighted by Gasteiger charge is 2.51. The standard InChI is InChI=1S/C44H66N2O8SSi/c1-32(2)56(33(3)4,34(5)6)54-43-29-46(55(47,48)39-18-11-35(7)12-19-39)28-42(44(43)38-16-13-36(14-17-38)30-51-26-25-50-9)53-31-37-15-20-41-40(27-37)45(22-24-52-41)21-10-23-49-8/h11-20,27,32-34,42-44H,10,21-26,28-31H2,1-9H3/t42-,43+,44+/m0/s1. The topological polar surface area (TPSA) is 96.0 Å². The summed E-state index contributed by atoms with van der Waals surface area (Å²) in [6, 6.07) is 21.9. The van der Waals surface area contributed by atoms with Crippen LogP contribution in [0.25, 0.3) is 0 Å². The summed E-state index contributed by atoms with van der Waals surface area (Å²) in [6.45, 7) is 20.9. The number of benzene rings is 3. The van der Waals surface area contributed by atoms with E-state index in [9.17, 15) is 8.42 Å². The summed E-state index contributed by atoms with van der Waals surface area (Å²) in [5.74, 6) is 0.637. The summed E-state index contributed by atoms with van der Waals surface area (Å²) in [5.41, 5.74) is 6.10. The normalized spacial score (nSPS) is 19.5. The van der Waals surface area contributed by atoms with Gasteiger partial charge in [-0.15, -0.1) is 0 Å². The maximum absolute atomic E-state index is 14.5. The van der Waals surface area contributed by atoms with Gasteiger partial charge in [0.15, 0.2) is 0 Å². The number of nitrogens with zero attached hydrogens (tertiary/aromatic N) is 2. The third kappa shape index (κ3) is 10.4. The first-order valence-corrected chi connectivity index (χ1v) is 23.9. The number of hydrogen-bond acceptors (Lipinski definition) is 9. The summed E-state index contributed by atoms with van der Waals surface area (Å²) >= 11 is 0. The molecule has 0 spiro atoms. The number of fused-ring (bicyclic) bond motifs is 1. The minimum absolute atomic E-state index is 0.194. The van der Waals surface area contributed by atoms with E-state index >= 15 is 0 Å². The van der Waals surface area contributed by atoms with Crippen LogP contribution in [0.2, 0.25) is 16.6 Å². The average molecular weight is 811 g/mol. The fourth-order valence-corrected chi connectivity index (χ4v) is 15.8. The molecule has 0 unspecified atom stereocenters. The van der Waals surface area contributed by atoms with Gasteiger partial charge in [0.05, 0.1) is 55.8 Å². The number of methoxy groups -OCH3 is 2. The van der Waals surface area contributed by atoms with Crippen molar-refractivity contribution in [3.05, 3.63) is 89.0 Å². The SMILES string of the molecule is COCCCN1CCOc2ccc(CO[C@H]3CN(S(=O)(=O)c4ccc(C)cc4)C[C@@H](O[Si](C(C)C)(C(C)C)C(C)C)[C@@H]3c3ccc(COCCOC)cc3)cc21. The molecular weight excluding hydrogens is 745 g/mol. The average Bonchev–Trinajstić information content (AvgIpc) is 3.17. The number of hydrogen-bond donors (Lipinski definition) is 0. The van der Waals surface area contributed by atoms with E-state index < -0.39 is 30.5 Å². The molecule has 1 fully saturated rings. The van der Waals surface area contributed by atoms with Crippen molar-refractivity contribution in [1.82, 2.24) is 4.31 Å². The minimum atomic E-state index is -3.87. The number of rotatable bonds is 20. The number of ether oxygens (including phenoxy) is 5. The highest BCUT2D eigenvalue weighted by Crippen LogP contribution is 2.47. The summed E-state index contributed by atoms with van der Waals surface area (Å²) in [5, 5.41) is 0. The van der Waals surface area contributed by atoms with Crippen molar-refractivity contribution in [2.45, 2.75) is 108 Å². The Kier molecular flexibility index (Phi) is 16.0. The van der Waals surface area contributed by atoms with Crippen molar-refractivity contribution < 1.29 is 36.5 Å². The zero-order chi connectivity index (χ0) is 40.5. The molecular formula is C44H66N2O8SSi. The fraction of sp³-hybridized carbons (Fsp3) is 0.591. The number of anilines is 1. The van der Waals surface area contributed by atoms with Crippen molar-refractivity contribution >= 4 is 24.0 Å². The molecule has 5 rings (SSSR count). The van der Waals surface area contributed by atoms with Crippen molar-refractivity contribution in [3.8, 4) is 5.75 Å². The Morgan fingerprint density at radius 1 is 0.786 bits per heavy atom. The molecule has 2 heterocycles. The third-order valence-electron chi connectivity index (χ3n) is 11.6. The molecule has 0 saturated carbocycles. The van der Waals surface area contributed by atoms with Crippen molar-refractivity contribution in [1.29, 1.82) is 0 Å². The van der Waals surface area contributed by atoms with Gasteiger partial charge in [-0.25, -0.2) is 8.42 Å². The van der Waals surface area contributed by atoms with E-state index in [1.807, 2.05) is 25.1 Å². The lowest BCUT2D eigenvalue weighted by Gasteiger charge is -2.50. The second-order valence-corrected chi connectivity index (χ2v) is 23.6. The largest absolute Gasteiger partial charge is 0.490 e. The Hall–Kier alpha value is -2.81. The van der Waals surface area contributed by atoms with E-state index in [0.717, 1.165) is 53.2 Å². The predicted octanol–water partition coefficient (Wildman–Crippen LogP) is 8.33. The maximum atomic E-state index is 14.5. The van der Waals surface area contributed by atoms with Crippen LogP contribution in [0, 0.1) is 6.92 Å². The first-order valence-electron chi connectivity index (χ1n) is 20.3. The Morgan fingerprint density at radius 2 is 1.43 bits per heavy atom. The van der Waals surface area contributed by atoms with Gasteiger partial charge in [-0.05, 0) is 70.9 Å². The molecule has 0 aliphatic carbocycles. The third-order valence-corrected chi connectivity index (χ3v) is 19.5. The van der Waals surface area contributed by atoms with Gasteiger partial charge in [0.25, 0.3) is 0 Å². The Bertz CT molecular complexity index is 1750. The lowest BCUT2D eigenvalue weighted by molar-refractivity contribution is -0.0505. The van der Waals surface area contributed by atoms with E-state index in [2.05, 4.69) is 82.8 Å². The van der Waals surface area contributed by atoms with Crippen molar-refractivity contribution in [2.24, 2.45) is 0 Å². The van der Waals surface area contributed by atoms with Crippen LogP contribution in [0.3, 0.4) is 0 Å². The van der Waals surface area contributed by atoms with Gasteiger partial charge in [0, 0.05) is 46.4 Å². The van der Waals surface area contributed by atoms with Crippen LogP contribution in [0.5, 0.6) is 5.75 Å². The second-order valence-electron chi connectivity index (χ2n) is 16.3. The first-order chi connectivity index (χ1) is 26.8. The van der Waals surface area contributed by atoms with Crippen LogP contribution < -0.4 is 9.64 Å². The molecule has 3 aromatic rings. The molecule has 1 saturated heterocycles. The molecule has 310 valence electrons. The van der Waals surface area contributed by atoms with Crippen LogP contribution in [0.4, 0.5) is 5.69 Å². The molecule has 56 heavy (non-hydrogen) atoms.